The van der Waals surface area contributed by atoms with Crippen LogP contribution in [0.3, 0.4) is 0 Å². The fourth-order valence-electron chi connectivity index (χ4n) is 0. The van der Waals surface area contributed by atoms with Crippen molar-refractivity contribution in [1.82, 2.24) is 4.90 Å². The van der Waals surface area contributed by atoms with Gasteiger partial charge in [-0.3, -0.25) is 14.4 Å². The van der Waals surface area contributed by atoms with Crippen molar-refractivity contribution in [3.63, 3.8) is 0 Å². The molecular formula is C7H16N2O5. The molecule has 0 heterocycles. The van der Waals surface area contributed by atoms with E-state index < -0.39 is 11.9 Å². The predicted octanol–water partition coefficient (Wildman–Crippen LogP) is -1.17. The third-order valence-electron chi connectivity index (χ3n) is 0.385. The number of hydrogen-bond donors (Lipinski definition) is 3. The maximum atomic E-state index is 9.43. The third-order valence-corrected chi connectivity index (χ3v) is 0.385. The van der Waals surface area contributed by atoms with Crippen molar-refractivity contribution in [1.29, 1.82) is 0 Å². The zero-order valence-corrected chi connectivity index (χ0v) is 8.43. The molecule has 0 aliphatic carbocycles. The van der Waals surface area contributed by atoms with Gasteiger partial charge in [0.1, 0.15) is 0 Å². The smallest absolute Gasteiger partial charge is 0.317 e. The van der Waals surface area contributed by atoms with E-state index in [0.29, 0.717) is 0 Å². The van der Waals surface area contributed by atoms with Crippen LogP contribution in [0.2, 0.25) is 0 Å². The number of nitrogens with zero attached hydrogens (tertiary/aromatic N) is 1. The second kappa shape index (κ2) is 13.9. The van der Waals surface area contributed by atoms with Gasteiger partial charge in [-0.1, -0.05) is 0 Å². The molecule has 0 unspecified atom stereocenters. The number of carboxylic acid groups (broad SMARTS) is 2. The molecule has 0 saturated heterocycles. The van der Waals surface area contributed by atoms with Gasteiger partial charge in [0, 0.05) is 21.0 Å². The molecule has 7 nitrogen and oxygen atoms in total. The van der Waals surface area contributed by atoms with Gasteiger partial charge >= 0.3 is 5.97 Å². The van der Waals surface area contributed by atoms with Crippen molar-refractivity contribution in [2.24, 2.45) is 5.73 Å². The van der Waals surface area contributed by atoms with E-state index in [4.69, 9.17) is 15.0 Å². The average Bonchev–Trinajstić information content (AvgIpc) is 2.04. The van der Waals surface area contributed by atoms with Gasteiger partial charge in [0.25, 0.3) is 5.97 Å². The Balaban J connectivity index is -0.000000131. The van der Waals surface area contributed by atoms with Gasteiger partial charge in [0.15, 0.2) is 0 Å². The van der Waals surface area contributed by atoms with E-state index in [0.717, 1.165) is 13.3 Å². The molecule has 1 amide bonds. The number of rotatable bonds is 2. The molecule has 4 N–H and O–H groups in total. The molecule has 0 bridgehead atoms. The summed E-state index contributed by atoms with van der Waals surface area (Å²) < 4.78 is 0. The first kappa shape index (κ1) is 18.2. The van der Waals surface area contributed by atoms with Crippen LogP contribution in [0.25, 0.3) is 0 Å². The minimum atomic E-state index is -0.968. The van der Waals surface area contributed by atoms with Crippen molar-refractivity contribution in [3.05, 3.63) is 0 Å². The van der Waals surface area contributed by atoms with E-state index >= 15 is 0 Å². The number of carbonyl (C=O) groups excluding carboxylic acids is 1. The monoisotopic (exact) mass is 208 g/mol. The highest BCUT2D eigenvalue weighted by Crippen LogP contribution is 1.52. The lowest BCUT2D eigenvalue weighted by Crippen LogP contribution is -2.10. The van der Waals surface area contributed by atoms with E-state index in [2.05, 4.69) is 5.73 Å². The van der Waals surface area contributed by atoms with Gasteiger partial charge < -0.3 is 20.8 Å². The highest BCUT2D eigenvalue weighted by molar-refractivity contribution is 5.68. The maximum absolute atomic E-state index is 9.43. The van der Waals surface area contributed by atoms with Gasteiger partial charge in [-0.05, 0) is 0 Å². The third kappa shape index (κ3) is 162. The van der Waals surface area contributed by atoms with E-state index in [1.54, 1.807) is 14.1 Å². The molecule has 0 radical (unpaired) electrons. The molecule has 14 heavy (non-hydrogen) atoms. The quantitative estimate of drug-likeness (QED) is 0.491. The topological polar surface area (TPSA) is 121 Å². The molecule has 0 aromatic carbocycles. The van der Waals surface area contributed by atoms with Gasteiger partial charge in [-0.15, -0.1) is 0 Å². The molecule has 84 valence electrons. The first-order chi connectivity index (χ1) is 6.27. The highest BCUT2D eigenvalue weighted by Gasteiger charge is 1.81. The summed E-state index contributed by atoms with van der Waals surface area (Å²) in [6.07, 6.45) is 0.750. The van der Waals surface area contributed by atoms with E-state index in [1.807, 2.05) is 0 Å². The largest absolute Gasteiger partial charge is 0.481 e. The number of amides is 1. The summed E-state index contributed by atoms with van der Waals surface area (Å²) in [5, 5.41) is 15.0. The zero-order valence-electron chi connectivity index (χ0n) is 8.43. The fourth-order valence-corrected chi connectivity index (χ4v) is 0. The molecule has 0 rings (SSSR count). The average molecular weight is 208 g/mol. The molecule has 0 aliphatic heterocycles. The Labute approximate surface area is 82.1 Å². The molecule has 0 atom stereocenters. The lowest BCUT2D eigenvalue weighted by Gasteiger charge is -1.93. The number of carboxylic acids is 2. The molecule has 0 aromatic heterocycles. The standard InChI is InChI=1S/C3H7NO.C2H5NO2.C2H4O2/c1-4(2)3-5;3-1-2(4)5;1-2(3)4/h3H,1-2H3;1,3H2,(H,4,5);1H3,(H,3,4). The summed E-state index contributed by atoms with van der Waals surface area (Å²) >= 11 is 0. The molecule has 0 spiro atoms. The van der Waals surface area contributed by atoms with Crippen LogP contribution in [0.1, 0.15) is 6.92 Å². The van der Waals surface area contributed by atoms with Crippen molar-refractivity contribution in [2.45, 2.75) is 6.92 Å². The number of nitrogens with two attached hydrogens (primary N) is 1. The second-order valence-electron chi connectivity index (χ2n) is 2.19. The first-order valence-corrected chi connectivity index (χ1v) is 3.51. The summed E-state index contributed by atoms with van der Waals surface area (Å²) in [5.41, 5.74) is 4.57. The van der Waals surface area contributed by atoms with Crippen LogP contribution in [0.4, 0.5) is 0 Å². The lowest BCUT2D eigenvalue weighted by atomic mass is 10.7. The van der Waals surface area contributed by atoms with Crippen LogP contribution in [-0.4, -0.2) is 54.1 Å². The Morgan fingerprint density at radius 3 is 1.50 bits per heavy atom. The Kier molecular flexibility index (Phi) is 18.1. The van der Waals surface area contributed by atoms with Gasteiger partial charge in [-0.25, -0.2) is 0 Å². The Hall–Kier alpha value is -1.63. The second-order valence-corrected chi connectivity index (χ2v) is 2.19. The van der Waals surface area contributed by atoms with Crippen molar-refractivity contribution < 1.29 is 24.6 Å². The van der Waals surface area contributed by atoms with Crippen LogP contribution >= 0.6 is 0 Å². The number of aliphatic carboxylic acids is 2. The molecule has 0 aromatic rings. The Bertz CT molecular complexity index is 165. The zero-order chi connectivity index (χ0) is 12.1. The Morgan fingerprint density at radius 1 is 1.36 bits per heavy atom. The number of carbonyl (C=O) groups is 3. The Morgan fingerprint density at radius 2 is 1.50 bits per heavy atom. The minimum Gasteiger partial charge on any atom is -0.481 e. The summed E-state index contributed by atoms with van der Waals surface area (Å²) in [5.74, 6) is -1.80. The van der Waals surface area contributed by atoms with Crippen molar-refractivity contribution in [3.8, 4) is 0 Å². The molecule has 0 fully saturated rings. The maximum Gasteiger partial charge on any atom is 0.317 e. The van der Waals surface area contributed by atoms with Crippen LogP contribution in [-0.2, 0) is 14.4 Å². The number of hydrogen-bond acceptors (Lipinski definition) is 4. The molecule has 0 saturated carbocycles. The van der Waals surface area contributed by atoms with Crippen molar-refractivity contribution >= 4 is 18.3 Å². The SMILES string of the molecule is CC(=O)O.CN(C)C=O.NCC(=O)O. The van der Waals surface area contributed by atoms with Crippen LogP contribution in [0, 0.1) is 0 Å². The van der Waals surface area contributed by atoms with Crippen LogP contribution in [0.15, 0.2) is 0 Å². The summed E-state index contributed by atoms with van der Waals surface area (Å²) in [4.78, 5) is 29.1. The van der Waals surface area contributed by atoms with Crippen LogP contribution < -0.4 is 5.73 Å². The summed E-state index contributed by atoms with van der Waals surface area (Å²) in [6.45, 7) is 0.806. The van der Waals surface area contributed by atoms with Gasteiger partial charge in [0.2, 0.25) is 6.41 Å². The highest BCUT2D eigenvalue weighted by atomic mass is 16.4. The first-order valence-electron chi connectivity index (χ1n) is 3.51. The van der Waals surface area contributed by atoms with E-state index in [9.17, 15) is 9.59 Å². The van der Waals surface area contributed by atoms with E-state index in [1.165, 1.54) is 4.90 Å². The fraction of sp³-hybridized carbons (Fsp3) is 0.571. The van der Waals surface area contributed by atoms with Crippen LogP contribution in [0.5, 0.6) is 0 Å². The lowest BCUT2D eigenvalue weighted by molar-refractivity contribution is -0.136. The predicted molar refractivity (Wildman–Crippen MR) is 49.8 cm³/mol. The van der Waals surface area contributed by atoms with Gasteiger partial charge in [0.05, 0.1) is 6.54 Å². The minimum absolute atomic E-state index is 0.278. The summed E-state index contributed by atoms with van der Waals surface area (Å²) in [6, 6.07) is 0. The molecule has 0 aliphatic rings. The van der Waals surface area contributed by atoms with Gasteiger partial charge in [-0.2, -0.15) is 0 Å². The molecule has 7 heteroatoms. The molecular weight excluding hydrogens is 192 g/mol. The van der Waals surface area contributed by atoms with Crippen molar-refractivity contribution in [2.75, 3.05) is 20.6 Å². The van der Waals surface area contributed by atoms with E-state index in [-0.39, 0.29) is 6.54 Å². The normalized spacial score (nSPS) is 6.86. The summed E-state index contributed by atoms with van der Waals surface area (Å²) in [7, 11) is 3.38.